The molecule has 0 radical (unpaired) electrons. The second-order valence-electron chi connectivity index (χ2n) is 7.72. The fraction of sp³-hybridized carbons (Fsp3) is 0.500. The lowest BCUT2D eigenvalue weighted by atomic mass is 9.45. The Morgan fingerprint density at radius 3 is 2.77 bits per heavy atom. The van der Waals surface area contributed by atoms with Crippen LogP contribution in [0.25, 0.3) is 10.9 Å². The van der Waals surface area contributed by atoms with Gasteiger partial charge >= 0.3 is 0 Å². The van der Waals surface area contributed by atoms with Crippen molar-refractivity contribution >= 4 is 17.1 Å². The SMILES string of the molecule is CC1C(N=Cc2cccc3cccnc23)CC2CC1C2(C)C. The van der Waals surface area contributed by atoms with E-state index in [0.29, 0.717) is 17.4 Å². The normalized spacial score (nSPS) is 33.0. The van der Waals surface area contributed by atoms with E-state index in [0.717, 1.165) is 22.9 Å². The van der Waals surface area contributed by atoms with Crippen molar-refractivity contribution in [2.24, 2.45) is 28.2 Å². The molecule has 114 valence electrons. The summed E-state index contributed by atoms with van der Waals surface area (Å²) >= 11 is 0. The molecule has 3 aliphatic rings. The van der Waals surface area contributed by atoms with Gasteiger partial charge in [-0.3, -0.25) is 9.98 Å². The lowest BCUT2D eigenvalue weighted by Crippen LogP contribution is -2.56. The van der Waals surface area contributed by atoms with Crippen LogP contribution in [0.2, 0.25) is 0 Å². The van der Waals surface area contributed by atoms with E-state index in [2.05, 4.69) is 56.2 Å². The van der Waals surface area contributed by atoms with Crippen molar-refractivity contribution in [3.63, 3.8) is 0 Å². The van der Waals surface area contributed by atoms with Crippen LogP contribution in [0.3, 0.4) is 0 Å². The van der Waals surface area contributed by atoms with Gasteiger partial charge in [-0.05, 0) is 42.1 Å². The molecule has 22 heavy (non-hydrogen) atoms. The van der Waals surface area contributed by atoms with Gasteiger partial charge in [-0.25, -0.2) is 0 Å². The molecule has 4 atom stereocenters. The van der Waals surface area contributed by atoms with Crippen molar-refractivity contribution in [1.82, 2.24) is 4.98 Å². The lowest BCUT2D eigenvalue weighted by molar-refractivity contribution is -0.108. The summed E-state index contributed by atoms with van der Waals surface area (Å²) in [4.78, 5) is 9.49. The number of nitrogens with zero attached hydrogens (tertiary/aromatic N) is 2. The maximum absolute atomic E-state index is 4.97. The van der Waals surface area contributed by atoms with E-state index < -0.39 is 0 Å². The van der Waals surface area contributed by atoms with E-state index in [1.54, 1.807) is 0 Å². The molecule has 5 rings (SSSR count). The minimum absolute atomic E-state index is 0.482. The van der Waals surface area contributed by atoms with E-state index in [1.807, 2.05) is 12.3 Å². The molecule has 3 fully saturated rings. The molecular formula is C20H24N2. The van der Waals surface area contributed by atoms with Gasteiger partial charge in [-0.1, -0.05) is 45.0 Å². The molecule has 2 nitrogen and oxygen atoms in total. The Hall–Kier alpha value is -1.70. The van der Waals surface area contributed by atoms with Crippen LogP contribution in [-0.2, 0) is 0 Å². The van der Waals surface area contributed by atoms with Crippen LogP contribution in [0, 0.1) is 23.2 Å². The number of aromatic nitrogens is 1. The van der Waals surface area contributed by atoms with Gasteiger partial charge < -0.3 is 0 Å². The van der Waals surface area contributed by atoms with E-state index in [-0.39, 0.29) is 0 Å². The van der Waals surface area contributed by atoms with Crippen LogP contribution >= 0.6 is 0 Å². The molecule has 2 bridgehead atoms. The Bertz CT molecular complexity index is 726. The van der Waals surface area contributed by atoms with E-state index >= 15 is 0 Å². The molecule has 3 saturated carbocycles. The Morgan fingerprint density at radius 2 is 2.00 bits per heavy atom. The van der Waals surface area contributed by atoms with Gasteiger partial charge in [-0.2, -0.15) is 0 Å². The van der Waals surface area contributed by atoms with Crippen LogP contribution in [0.5, 0.6) is 0 Å². The highest BCUT2D eigenvalue weighted by Crippen LogP contribution is 2.61. The highest BCUT2D eigenvalue weighted by Gasteiger charge is 2.56. The van der Waals surface area contributed by atoms with Crippen LogP contribution < -0.4 is 0 Å². The molecule has 1 heterocycles. The first kappa shape index (κ1) is 13.9. The lowest BCUT2D eigenvalue weighted by Gasteiger charge is -2.61. The fourth-order valence-corrected chi connectivity index (χ4v) is 4.73. The first-order valence-electron chi connectivity index (χ1n) is 8.44. The second-order valence-corrected chi connectivity index (χ2v) is 7.72. The zero-order chi connectivity index (χ0) is 15.3. The van der Waals surface area contributed by atoms with E-state index in [1.165, 1.54) is 18.2 Å². The number of fused-ring (bicyclic) bond motifs is 3. The number of benzene rings is 1. The molecule has 0 N–H and O–H groups in total. The summed E-state index contributed by atoms with van der Waals surface area (Å²) < 4.78 is 0. The molecule has 0 spiro atoms. The van der Waals surface area contributed by atoms with E-state index in [4.69, 9.17) is 4.99 Å². The summed E-state index contributed by atoms with van der Waals surface area (Å²) in [5.74, 6) is 2.40. The summed E-state index contributed by atoms with van der Waals surface area (Å²) in [5.41, 5.74) is 2.73. The first-order valence-corrected chi connectivity index (χ1v) is 8.44. The van der Waals surface area contributed by atoms with Crippen molar-refractivity contribution in [3.05, 3.63) is 42.1 Å². The summed E-state index contributed by atoms with van der Waals surface area (Å²) in [5, 5.41) is 1.19. The van der Waals surface area contributed by atoms with Crippen LogP contribution in [0.4, 0.5) is 0 Å². The highest BCUT2D eigenvalue weighted by atomic mass is 14.8. The maximum atomic E-state index is 4.97. The molecule has 0 saturated heterocycles. The third-order valence-electron chi connectivity index (χ3n) is 6.38. The summed E-state index contributed by atoms with van der Waals surface area (Å²) in [6, 6.07) is 10.9. The Morgan fingerprint density at radius 1 is 1.18 bits per heavy atom. The standard InChI is InChI=1S/C20H24N2/c1-13-17-10-16(20(17,2)3)11-18(13)22-12-15-7-4-6-14-8-5-9-21-19(14)15/h4-9,12-13,16-18H,10-11H2,1-3H3. The third kappa shape index (κ3) is 2.00. The zero-order valence-corrected chi connectivity index (χ0v) is 13.7. The molecule has 4 unspecified atom stereocenters. The molecule has 0 amide bonds. The molecule has 0 aliphatic heterocycles. The predicted molar refractivity (Wildman–Crippen MR) is 92.3 cm³/mol. The molecule has 2 heteroatoms. The van der Waals surface area contributed by atoms with Crippen LogP contribution in [0.15, 0.2) is 41.5 Å². The second kappa shape index (κ2) is 4.91. The summed E-state index contributed by atoms with van der Waals surface area (Å²) in [7, 11) is 0. The monoisotopic (exact) mass is 292 g/mol. The molecular weight excluding hydrogens is 268 g/mol. The maximum Gasteiger partial charge on any atom is 0.0789 e. The van der Waals surface area contributed by atoms with E-state index in [9.17, 15) is 0 Å². The number of hydrogen-bond acceptors (Lipinski definition) is 2. The van der Waals surface area contributed by atoms with Crippen LogP contribution in [0.1, 0.15) is 39.2 Å². The minimum atomic E-state index is 0.482. The average molecular weight is 292 g/mol. The van der Waals surface area contributed by atoms with Gasteiger partial charge in [0.25, 0.3) is 0 Å². The summed E-state index contributed by atoms with van der Waals surface area (Å²) in [6.07, 6.45) is 6.59. The predicted octanol–water partition coefficient (Wildman–Crippen LogP) is 4.72. The number of hydrogen-bond donors (Lipinski definition) is 0. The van der Waals surface area contributed by atoms with Gasteiger partial charge in [0, 0.05) is 23.4 Å². The number of rotatable bonds is 2. The molecule has 1 aromatic carbocycles. The van der Waals surface area contributed by atoms with Gasteiger partial charge in [0.05, 0.1) is 11.6 Å². The van der Waals surface area contributed by atoms with Crippen LogP contribution in [-0.4, -0.2) is 17.2 Å². The van der Waals surface area contributed by atoms with Gasteiger partial charge in [0.15, 0.2) is 0 Å². The number of pyridine rings is 1. The third-order valence-corrected chi connectivity index (χ3v) is 6.38. The number of aliphatic imine (C=N–C) groups is 1. The van der Waals surface area contributed by atoms with Gasteiger partial charge in [0.1, 0.15) is 0 Å². The smallest absolute Gasteiger partial charge is 0.0789 e. The Labute approximate surface area is 132 Å². The quantitative estimate of drug-likeness (QED) is 0.735. The van der Waals surface area contributed by atoms with Gasteiger partial charge in [-0.15, -0.1) is 0 Å². The zero-order valence-electron chi connectivity index (χ0n) is 13.7. The Balaban J connectivity index is 1.60. The van der Waals surface area contributed by atoms with Crippen molar-refractivity contribution in [2.75, 3.05) is 0 Å². The van der Waals surface area contributed by atoms with Crippen molar-refractivity contribution in [1.29, 1.82) is 0 Å². The topological polar surface area (TPSA) is 25.2 Å². The largest absolute Gasteiger partial charge is 0.289 e. The fourth-order valence-electron chi connectivity index (χ4n) is 4.73. The Kier molecular flexibility index (Phi) is 3.11. The molecule has 3 aliphatic carbocycles. The molecule has 1 aromatic heterocycles. The van der Waals surface area contributed by atoms with Gasteiger partial charge in [0.2, 0.25) is 0 Å². The van der Waals surface area contributed by atoms with Crippen molar-refractivity contribution in [2.45, 2.75) is 39.7 Å². The summed E-state index contributed by atoms with van der Waals surface area (Å²) in [6.45, 7) is 7.28. The number of para-hydroxylation sites is 1. The molecule has 2 aromatic rings. The van der Waals surface area contributed by atoms with Crippen molar-refractivity contribution < 1.29 is 0 Å². The average Bonchev–Trinajstić information content (AvgIpc) is 2.53. The minimum Gasteiger partial charge on any atom is -0.289 e. The highest BCUT2D eigenvalue weighted by molar-refractivity contribution is 5.97. The first-order chi connectivity index (χ1) is 10.6. The van der Waals surface area contributed by atoms with Crippen molar-refractivity contribution in [3.8, 4) is 0 Å².